The van der Waals surface area contributed by atoms with E-state index in [0.29, 0.717) is 41.7 Å². The molecule has 1 saturated heterocycles. The largest absolute Gasteiger partial charge is 0.338 e. The second-order valence-electron chi connectivity index (χ2n) is 10.2. The Labute approximate surface area is 182 Å². The number of carbonyl (C=O) groups is 2. The van der Waals surface area contributed by atoms with E-state index in [4.69, 9.17) is 11.6 Å². The molecule has 6 nitrogen and oxygen atoms in total. The van der Waals surface area contributed by atoms with Crippen LogP contribution in [0, 0.1) is 29.1 Å². The van der Waals surface area contributed by atoms with Gasteiger partial charge in [0.2, 0.25) is 0 Å². The van der Waals surface area contributed by atoms with E-state index in [0.717, 1.165) is 30.6 Å². The minimum absolute atomic E-state index is 0.0118. The summed E-state index contributed by atoms with van der Waals surface area (Å²) in [6.45, 7) is 2.08. The summed E-state index contributed by atoms with van der Waals surface area (Å²) in [5.41, 5.74) is 1.29. The van der Waals surface area contributed by atoms with Crippen LogP contribution >= 0.6 is 11.6 Å². The first-order chi connectivity index (χ1) is 14.5. The highest BCUT2D eigenvalue weighted by atomic mass is 35.5. The lowest BCUT2D eigenvalue weighted by Crippen LogP contribution is -2.93. The Kier molecular flexibility index (Phi) is 4.09. The number of piperidine rings is 1. The number of amides is 4. The fourth-order valence-electron chi connectivity index (χ4n) is 7.74. The summed E-state index contributed by atoms with van der Waals surface area (Å²) in [6, 6.07) is 7.17. The molecule has 4 saturated carbocycles. The smallest absolute Gasteiger partial charge is 0.321 e. The highest BCUT2D eigenvalue weighted by Gasteiger charge is 2.88. The molecule has 7 heteroatoms. The molecule has 4 amide bonds. The Bertz CT molecular complexity index is 871. The number of rotatable bonds is 4. The molecule has 0 aromatic heterocycles. The summed E-state index contributed by atoms with van der Waals surface area (Å²) in [5, 5.41) is 9.93. The number of carbonyl (C=O) groups excluding carboxylic acids is 2. The summed E-state index contributed by atoms with van der Waals surface area (Å²) >= 11 is 6.13. The Morgan fingerprint density at radius 3 is 2.40 bits per heavy atom. The number of para-hydroxylation sites is 1. The number of anilines is 1. The Balaban J connectivity index is 0.944. The van der Waals surface area contributed by atoms with E-state index in [1.54, 1.807) is 12.1 Å². The van der Waals surface area contributed by atoms with Crippen molar-refractivity contribution in [3.8, 4) is 0 Å². The average molecular weight is 429 g/mol. The van der Waals surface area contributed by atoms with Crippen LogP contribution in [0.15, 0.2) is 24.3 Å². The number of hydrogen-bond donors (Lipinski definition) is 3. The predicted octanol–water partition coefficient (Wildman–Crippen LogP) is 4.07. The van der Waals surface area contributed by atoms with Gasteiger partial charge in [0.25, 0.3) is 0 Å². The van der Waals surface area contributed by atoms with Crippen molar-refractivity contribution in [3.63, 3.8) is 0 Å². The Morgan fingerprint density at radius 1 is 1.07 bits per heavy atom. The molecule has 0 bridgehead atoms. The zero-order valence-corrected chi connectivity index (χ0v) is 17.9. The van der Waals surface area contributed by atoms with Crippen LogP contribution < -0.4 is 16.0 Å². The minimum Gasteiger partial charge on any atom is -0.338 e. The summed E-state index contributed by atoms with van der Waals surface area (Å²) in [5.74, 6) is 3.11. The van der Waals surface area contributed by atoms with E-state index in [9.17, 15) is 9.59 Å². The zero-order valence-electron chi connectivity index (χ0n) is 17.1. The van der Waals surface area contributed by atoms with Crippen molar-refractivity contribution >= 4 is 29.4 Å². The fraction of sp³-hybridized carbons (Fsp3) is 0.652. The van der Waals surface area contributed by atoms with Crippen LogP contribution in [0.1, 0.15) is 38.5 Å². The quantitative estimate of drug-likeness (QED) is 0.676. The maximum atomic E-state index is 12.6. The Morgan fingerprint density at radius 2 is 1.77 bits per heavy atom. The highest BCUT2D eigenvalue weighted by Crippen LogP contribution is 2.89. The second-order valence-corrected chi connectivity index (χ2v) is 10.6. The number of nitrogens with zero attached hydrogens (tertiary/aromatic N) is 1. The third-order valence-electron chi connectivity index (χ3n) is 9.10. The van der Waals surface area contributed by atoms with E-state index in [1.807, 2.05) is 17.0 Å². The number of benzene rings is 1. The maximum Gasteiger partial charge on any atom is 0.321 e. The molecule has 4 aliphatic carbocycles. The van der Waals surface area contributed by atoms with Gasteiger partial charge in [-0.15, -0.1) is 0 Å². The summed E-state index contributed by atoms with van der Waals surface area (Å²) in [7, 11) is 0. The van der Waals surface area contributed by atoms with Crippen molar-refractivity contribution in [1.82, 2.24) is 15.5 Å². The third kappa shape index (κ3) is 2.43. The predicted molar refractivity (Wildman–Crippen MR) is 115 cm³/mol. The molecular weight excluding hydrogens is 400 g/mol. The van der Waals surface area contributed by atoms with Gasteiger partial charge in [0.1, 0.15) is 0 Å². The van der Waals surface area contributed by atoms with Crippen molar-refractivity contribution in [2.24, 2.45) is 29.1 Å². The maximum absolute atomic E-state index is 12.6. The third-order valence-corrected chi connectivity index (χ3v) is 9.43. The van der Waals surface area contributed by atoms with Gasteiger partial charge in [0.05, 0.1) is 10.7 Å². The van der Waals surface area contributed by atoms with Crippen LogP contribution in [0.25, 0.3) is 0 Å². The van der Waals surface area contributed by atoms with Gasteiger partial charge in [-0.1, -0.05) is 23.7 Å². The molecule has 1 aromatic carbocycles. The van der Waals surface area contributed by atoms with Crippen LogP contribution in [-0.2, 0) is 0 Å². The number of hydrogen-bond acceptors (Lipinski definition) is 2. The lowest BCUT2D eigenvalue weighted by molar-refractivity contribution is -0.393. The molecular formula is C23H29ClN4O2. The fourth-order valence-corrected chi connectivity index (χ4v) is 7.92. The molecule has 5 atom stereocenters. The molecule has 0 radical (unpaired) electrons. The molecule has 160 valence electrons. The molecule has 30 heavy (non-hydrogen) atoms. The van der Waals surface area contributed by atoms with Gasteiger partial charge >= 0.3 is 12.1 Å². The van der Waals surface area contributed by atoms with Gasteiger partial charge in [-0.25, -0.2) is 9.59 Å². The number of likely N-dealkylation sites (tertiary alicyclic amines) is 1. The molecule has 6 rings (SSSR count). The van der Waals surface area contributed by atoms with Gasteiger partial charge in [-0.2, -0.15) is 0 Å². The van der Waals surface area contributed by atoms with Crippen molar-refractivity contribution < 1.29 is 9.59 Å². The lowest BCUT2D eigenvalue weighted by atomic mass is 9.15. The van der Waals surface area contributed by atoms with E-state index >= 15 is 0 Å². The minimum atomic E-state index is -0.111. The SMILES string of the molecule is O=C(NCC1CCN(C(=O)Nc2ccccc2Cl)CC1)NC12CC3CC4C[C@@H](C1)C432. The number of halogens is 1. The van der Waals surface area contributed by atoms with Crippen LogP contribution in [-0.4, -0.2) is 42.1 Å². The molecule has 5 fully saturated rings. The molecule has 1 aromatic rings. The topological polar surface area (TPSA) is 73.5 Å². The standard InChI is InChI=1S/C23H29ClN4O2/c24-18-3-1-2-4-19(18)26-21(30)28-7-5-14(6-8-28)13-25-20(29)27-22-11-16-9-15-10-17(12-22)23(15,16)22/h1-4,14-17H,5-13H2,(H,26,30)(H2,25,27,29)/t15?,16-,17?,22?,23?/m0/s1. The number of nitrogens with one attached hydrogen (secondary N) is 3. The van der Waals surface area contributed by atoms with Gasteiger partial charge in [0, 0.05) is 30.6 Å². The van der Waals surface area contributed by atoms with E-state index in [2.05, 4.69) is 16.0 Å². The first-order valence-electron chi connectivity index (χ1n) is 11.4. The molecule has 4 unspecified atom stereocenters. The second kappa shape index (κ2) is 6.52. The van der Waals surface area contributed by atoms with Gasteiger partial charge in [-0.3, -0.25) is 0 Å². The molecule has 1 spiro atoms. The molecule has 3 N–H and O–H groups in total. The van der Waals surface area contributed by atoms with Crippen LogP contribution in [0.3, 0.4) is 0 Å². The zero-order chi connectivity index (χ0) is 20.5. The summed E-state index contributed by atoms with van der Waals surface area (Å²) < 4.78 is 0. The monoisotopic (exact) mass is 428 g/mol. The Hall–Kier alpha value is -1.95. The number of urea groups is 2. The van der Waals surface area contributed by atoms with Gasteiger partial charge < -0.3 is 20.9 Å². The normalized spacial score (nSPS) is 37.9. The average Bonchev–Trinajstić information content (AvgIpc) is 2.69. The molecule has 1 heterocycles. The van der Waals surface area contributed by atoms with Gasteiger partial charge in [-0.05, 0) is 74.3 Å². The van der Waals surface area contributed by atoms with Crippen molar-refractivity contribution in [2.45, 2.75) is 44.1 Å². The van der Waals surface area contributed by atoms with Crippen LogP contribution in [0.4, 0.5) is 15.3 Å². The van der Waals surface area contributed by atoms with Crippen molar-refractivity contribution in [1.29, 1.82) is 0 Å². The van der Waals surface area contributed by atoms with Gasteiger partial charge in [0.15, 0.2) is 0 Å². The first kappa shape index (κ1) is 18.8. The van der Waals surface area contributed by atoms with E-state index in [-0.39, 0.29) is 17.6 Å². The highest BCUT2D eigenvalue weighted by molar-refractivity contribution is 6.33. The molecule has 1 aliphatic heterocycles. The summed E-state index contributed by atoms with van der Waals surface area (Å²) in [6.07, 6.45) is 7.02. The first-order valence-corrected chi connectivity index (χ1v) is 11.8. The lowest BCUT2D eigenvalue weighted by Gasteiger charge is -2.90. The van der Waals surface area contributed by atoms with Crippen molar-refractivity contribution in [3.05, 3.63) is 29.3 Å². The van der Waals surface area contributed by atoms with Crippen molar-refractivity contribution in [2.75, 3.05) is 25.0 Å². The van der Waals surface area contributed by atoms with Crippen LogP contribution in [0.2, 0.25) is 5.02 Å². The van der Waals surface area contributed by atoms with E-state index in [1.165, 1.54) is 25.7 Å². The van der Waals surface area contributed by atoms with E-state index < -0.39 is 0 Å². The molecule has 5 aliphatic rings. The van der Waals surface area contributed by atoms with Crippen LogP contribution in [0.5, 0.6) is 0 Å². The summed E-state index contributed by atoms with van der Waals surface area (Å²) in [4.78, 5) is 26.9.